The van der Waals surface area contributed by atoms with Gasteiger partial charge in [0.15, 0.2) is 0 Å². The second-order valence-electron chi connectivity index (χ2n) is 7.64. The lowest BCUT2D eigenvalue weighted by Crippen LogP contribution is -2.34. The maximum Gasteiger partial charge on any atom is 0.132 e. The van der Waals surface area contributed by atoms with Crippen molar-refractivity contribution in [2.24, 2.45) is 0 Å². The van der Waals surface area contributed by atoms with Gasteiger partial charge in [-0.15, -0.1) is 0 Å². The van der Waals surface area contributed by atoms with Gasteiger partial charge >= 0.3 is 0 Å². The maximum absolute atomic E-state index is 6.49. The number of nitrogens with zero attached hydrogens (tertiary/aromatic N) is 2. The maximum atomic E-state index is 6.49. The van der Waals surface area contributed by atoms with Gasteiger partial charge in [-0.3, -0.25) is 0 Å². The SMILES string of the molecule is Cc1cc(C)cc(-n2nccc2-c2cc(Cl)cc(C)c2OC2CCNCC2)c1. The van der Waals surface area contributed by atoms with Crippen molar-refractivity contribution < 1.29 is 4.74 Å². The summed E-state index contributed by atoms with van der Waals surface area (Å²) < 4.78 is 8.47. The van der Waals surface area contributed by atoms with Crippen LogP contribution in [0.5, 0.6) is 5.75 Å². The van der Waals surface area contributed by atoms with Crippen molar-refractivity contribution in [1.29, 1.82) is 0 Å². The Bertz CT molecular complexity index is 969. The van der Waals surface area contributed by atoms with Crippen molar-refractivity contribution in [2.45, 2.75) is 39.7 Å². The van der Waals surface area contributed by atoms with E-state index in [1.807, 2.05) is 29.1 Å². The molecule has 1 N–H and O–H groups in total. The minimum Gasteiger partial charge on any atom is -0.489 e. The fraction of sp³-hybridized carbons (Fsp3) is 0.348. The number of rotatable bonds is 4. The average molecular weight is 396 g/mol. The molecule has 1 aliphatic heterocycles. The van der Waals surface area contributed by atoms with Crippen LogP contribution >= 0.6 is 11.6 Å². The molecule has 1 saturated heterocycles. The van der Waals surface area contributed by atoms with Gasteiger partial charge in [-0.2, -0.15) is 5.10 Å². The Morgan fingerprint density at radius 2 is 1.75 bits per heavy atom. The molecule has 0 amide bonds. The first kappa shape index (κ1) is 19.0. The van der Waals surface area contributed by atoms with E-state index < -0.39 is 0 Å². The van der Waals surface area contributed by atoms with Crippen LogP contribution in [0, 0.1) is 20.8 Å². The van der Waals surface area contributed by atoms with Crippen LogP contribution < -0.4 is 10.1 Å². The monoisotopic (exact) mass is 395 g/mol. The summed E-state index contributed by atoms with van der Waals surface area (Å²) in [5, 5.41) is 8.70. The summed E-state index contributed by atoms with van der Waals surface area (Å²) in [6.45, 7) is 8.26. The van der Waals surface area contributed by atoms with Gasteiger partial charge in [-0.1, -0.05) is 17.7 Å². The summed E-state index contributed by atoms with van der Waals surface area (Å²) in [5.74, 6) is 0.905. The fourth-order valence-electron chi connectivity index (χ4n) is 3.94. The predicted octanol–water partition coefficient (Wildman–Crippen LogP) is 5.25. The van der Waals surface area contributed by atoms with Gasteiger partial charge in [0, 0.05) is 10.6 Å². The van der Waals surface area contributed by atoms with Crippen molar-refractivity contribution in [3.8, 4) is 22.7 Å². The number of piperidine rings is 1. The van der Waals surface area contributed by atoms with Crippen molar-refractivity contribution in [3.05, 3.63) is 64.3 Å². The predicted molar refractivity (Wildman–Crippen MR) is 115 cm³/mol. The molecule has 0 unspecified atom stereocenters. The second kappa shape index (κ2) is 7.98. The molecule has 4 nitrogen and oxygen atoms in total. The van der Waals surface area contributed by atoms with Gasteiger partial charge in [0.1, 0.15) is 11.9 Å². The molecule has 1 fully saturated rings. The van der Waals surface area contributed by atoms with Gasteiger partial charge in [0.2, 0.25) is 0 Å². The van der Waals surface area contributed by atoms with Crippen LogP contribution in [0.25, 0.3) is 16.9 Å². The number of ether oxygens (including phenoxy) is 1. The molecular weight excluding hydrogens is 370 g/mol. The first-order chi connectivity index (χ1) is 13.5. The summed E-state index contributed by atoms with van der Waals surface area (Å²) in [6.07, 6.45) is 4.07. The van der Waals surface area contributed by atoms with E-state index in [1.54, 1.807) is 0 Å². The lowest BCUT2D eigenvalue weighted by molar-refractivity contribution is 0.162. The smallest absolute Gasteiger partial charge is 0.132 e. The molecule has 0 aliphatic carbocycles. The highest BCUT2D eigenvalue weighted by Gasteiger charge is 2.21. The summed E-state index contributed by atoms with van der Waals surface area (Å²) in [4.78, 5) is 0. The summed E-state index contributed by atoms with van der Waals surface area (Å²) in [7, 11) is 0. The lowest BCUT2D eigenvalue weighted by Gasteiger charge is -2.26. The molecule has 0 bridgehead atoms. The van der Waals surface area contributed by atoms with Gasteiger partial charge < -0.3 is 10.1 Å². The van der Waals surface area contributed by atoms with Gasteiger partial charge in [0.05, 0.1) is 17.6 Å². The van der Waals surface area contributed by atoms with Crippen LogP contribution in [0.15, 0.2) is 42.6 Å². The van der Waals surface area contributed by atoms with Crippen molar-refractivity contribution in [1.82, 2.24) is 15.1 Å². The molecule has 28 heavy (non-hydrogen) atoms. The van der Waals surface area contributed by atoms with E-state index in [4.69, 9.17) is 16.3 Å². The third kappa shape index (κ3) is 3.94. The van der Waals surface area contributed by atoms with Crippen molar-refractivity contribution >= 4 is 11.6 Å². The quantitative estimate of drug-likeness (QED) is 0.655. The number of hydrogen-bond donors (Lipinski definition) is 1. The number of benzene rings is 2. The van der Waals surface area contributed by atoms with Crippen LogP contribution in [0.4, 0.5) is 0 Å². The molecule has 2 aromatic carbocycles. The van der Waals surface area contributed by atoms with Crippen LogP contribution in [0.1, 0.15) is 29.5 Å². The Hall–Kier alpha value is -2.30. The van der Waals surface area contributed by atoms with E-state index in [-0.39, 0.29) is 6.10 Å². The van der Waals surface area contributed by atoms with Crippen LogP contribution in [0.3, 0.4) is 0 Å². The molecule has 4 rings (SSSR count). The second-order valence-corrected chi connectivity index (χ2v) is 8.08. The number of aromatic nitrogens is 2. The summed E-state index contributed by atoms with van der Waals surface area (Å²) in [6, 6.07) is 12.4. The number of nitrogens with one attached hydrogen (secondary N) is 1. The van der Waals surface area contributed by atoms with Crippen LogP contribution in [-0.4, -0.2) is 29.0 Å². The molecule has 0 atom stereocenters. The Morgan fingerprint density at radius 1 is 1.04 bits per heavy atom. The standard InChI is InChI=1S/C23H26ClN3O/c1-15-10-16(2)12-19(11-15)27-22(6-9-26-27)21-14-18(24)13-17(3)23(21)28-20-4-7-25-8-5-20/h6,9-14,20,25H,4-5,7-8H2,1-3H3. The van der Waals surface area contributed by atoms with E-state index in [1.165, 1.54) is 11.1 Å². The highest BCUT2D eigenvalue weighted by molar-refractivity contribution is 6.31. The van der Waals surface area contributed by atoms with Crippen molar-refractivity contribution in [3.63, 3.8) is 0 Å². The first-order valence-electron chi connectivity index (χ1n) is 9.82. The van der Waals surface area contributed by atoms with E-state index in [2.05, 4.69) is 49.4 Å². The minimum atomic E-state index is 0.220. The zero-order valence-electron chi connectivity index (χ0n) is 16.6. The van der Waals surface area contributed by atoms with Crippen LogP contribution in [0.2, 0.25) is 5.02 Å². The van der Waals surface area contributed by atoms with E-state index in [9.17, 15) is 0 Å². The lowest BCUT2D eigenvalue weighted by atomic mass is 10.0. The molecular formula is C23H26ClN3O. The molecule has 5 heteroatoms. The Morgan fingerprint density at radius 3 is 2.46 bits per heavy atom. The first-order valence-corrected chi connectivity index (χ1v) is 10.2. The number of halogens is 1. The molecule has 146 valence electrons. The molecule has 1 aromatic heterocycles. The molecule has 2 heterocycles. The van der Waals surface area contributed by atoms with E-state index in [0.29, 0.717) is 5.02 Å². The highest BCUT2D eigenvalue weighted by Crippen LogP contribution is 2.38. The van der Waals surface area contributed by atoms with Gasteiger partial charge in [-0.25, -0.2) is 4.68 Å². The highest BCUT2D eigenvalue weighted by atomic mass is 35.5. The third-order valence-electron chi connectivity index (χ3n) is 5.18. The zero-order chi connectivity index (χ0) is 19.7. The summed E-state index contributed by atoms with van der Waals surface area (Å²) in [5.41, 5.74) is 6.49. The molecule has 1 aliphatic rings. The number of hydrogen-bond acceptors (Lipinski definition) is 3. The Balaban J connectivity index is 1.80. The van der Waals surface area contributed by atoms with Gasteiger partial charge in [-0.05, 0) is 93.7 Å². The number of aryl methyl sites for hydroxylation is 3. The van der Waals surface area contributed by atoms with E-state index in [0.717, 1.165) is 54.2 Å². The molecule has 0 spiro atoms. The topological polar surface area (TPSA) is 39.1 Å². The van der Waals surface area contributed by atoms with E-state index >= 15 is 0 Å². The molecule has 0 saturated carbocycles. The normalized spacial score (nSPS) is 15.0. The summed E-state index contributed by atoms with van der Waals surface area (Å²) >= 11 is 6.44. The molecule has 0 radical (unpaired) electrons. The van der Waals surface area contributed by atoms with Gasteiger partial charge in [0.25, 0.3) is 0 Å². The third-order valence-corrected chi connectivity index (χ3v) is 5.40. The largest absolute Gasteiger partial charge is 0.489 e. The van der Waals surface area contributed by atoms with Crippen molar-refractivity contribution in [2.75, 3.05) is 13.1 Å². The minimum absolute atomic E-state index is 0.220. The van der Waals surface area contributed by atoms with Crippen LogP contribution in [-0.2, 0) is 0 Å². The Labute approximate surface area is 171 Å². The Kier molecular flexibility index (Phi) is 5.42. The fourth-order valence-corrected chi connectivity index (χ4v) is 4.22. The molecule has 3 aromatic rings. The zero-order valence-corrected chi connectivity index (χ0v) is 17.4. The average Bonchev–Trinajstić information content (AvgIpc) is 3.13.